The van der Waals surface area contributed by atoms with Gasteiger partial charge in [-0.3, -0.25) is 4.79 Å². The van der Waals surface area contributed by atoms with Gasteiger partial charge < -0.3 is 10.6 Å². The number of anilines is 2. The van der Waals surface area contributed by atoms with Crippen LogP contribution in [0.5, 0.6) is 0 Å². The molecule has 0 aliphatic rings. The average molecular weight is 336 g/mol. The molecule has 0 spiro atoms. The quantitative estimate of drug-likeness (QED) is 0.744. The first kappa shape index (κ1) is 16.6. The van der Waals surface area contributed by atoms with E-state index in [4.69, 9.17) is 0 Å². The van der Waals surface area contributed by atoms with Crippen LogP contribution in [-0.2, 0) is 6.54 Å². The first-order chi connectivity index (χ1) is 12.1. The largest absolute Gasteiger partial charge is 0.350 e. The fourth-order valence-corrected chi connectivity index (χ4v) is 2.27. The van der Waals surface area contributed by atoms with Gasteiger partial charge in [-0.2, -0.15) is 0 Å². The number of benzene rings is 2. The minimum absolute atomic E-state index is 0.243. The lowest BCUT2D eigenvalue weighted by Gasteiger charge is -2.09. The fraction of sp³-hybridized carbons (Fsp3) is 0.105. The first-order valence-corrected chi connectivity index (χ1v) is 7.80. The Morgan fingerprint density at radius 1 is 1.04 bits per heavy atom. The summed E-state index contributed by atoms with van der Waals surface area (Å²) in [6.45, 7) is 2.35. The van der Waals surface area contributed by atoms with Gasteiger partial charge in [0.2, 0.25) is 5.95 Å². The number of hydrogen-bond acceptors (Lipinski definition) is 4. The van der Waals surface area contributed by atoms with Crippen molar-refractivity contribution in [3.05, 3.63) is 83.4 Å². The van der Waals surface area contributed by atoms with E-state index in [0.29, 0.717) is 23.9 Å². The van der Waals surface area contributed by atoms with E-state index in [9.17, 15) is 9.18 Å². The lowest BCUT2D eigenvalue weighted by Crippen LogP contribution is -2.16. The Labute approximate surface area is 145 Å². The predicted molar refractivity (Wildman–Crippen MR) is 94.9 cm³/mol. The van der Waals surface area contributed by atoms with Crippen LogP contribution in [0.4, 0.5) is 16.0 Å². The monoisotopic (exact) mass is 336 g/mol. The van der Waals surface area contributed by atoms with Gasteiger partial charge in [-0.25, -0.2) is 14.4 Å². The molecule has 0 aliphatic carbocycles. The summed E-state index contributed by atoms with van der Waals surface area (Å²) in [6, 6.07) is 17.0. The molecule has 0 unspecified atom stereocenters. The molecule has 0 bridgehead atoms. The minimum atomic E-state index is -0.375. The zero-order valence-corrected chi connectivity index (χ0v) is 13.7. The fourth-order valence-electron chi connectivity index (χ4n) is 2.27. The van der Waals surface area contributed by atoms with Gasteiger partial charge in [0, 0.05) is 17.9 Å². The van der Waals surface area contributed by atoms with E-state index in [-0.39, 0.29) is 17.4 Å². The molecule has 1 aromatic heterocycles. The molecule has 2 N–H and O–H groups in total. The molecule has 1 heterocycles. The summed E-state index contributed by atoms with van der Waals surface area (Å²) in [5, 5.41) is 5.81. The summed E-state index contributed by atoms with van der Waals surface area (Å²) in [5.74, 6) is -0.351. The Kier molecular flexibility index (Phi) is 4.99. The van der Waals surface area contributed by atoms with Gasteiger partial charge in [-0.1, -0.05) is 30.3 Å². The van der Waals surface area contributed by atoms with Crippen molar-refractivity contribution in [2.45, 2.75) is 13.5 Å². The van der Waals surface area contributed by atoms with Crippen LogP contribution in [0.1, 0.15) is 21.7 Å². The van der Waals surface area contributed by atoms with Crippen LogP contribution in [0.3, 0.4) is 0 Å². The number of carbonyl (C=O) groups excluding carboxylic acids is 1. The molecule has 0 radical (unpaired) electrons. The molecule has 0 aliphatic heterocycles. The van der Waals surface area contributed by atoms with E-state index in [1.165, 1.54) is 24.3 Å². The molecule has 126 valence electrons. The van der Waals surface area contributed by atoms with Gasteiger partial charge in [0.05, 0.1) is 0 Å². The van der Waals surface area contributed by atoms with E-state index >= 15 is 0 Å². The van der Waals surface area contributed by atoms with Crippen molar-refractivity contribution >= 4 is 17.5 Å². The molecule has 6 heteroatoms. The van der Waals surface area contributed by atoms with Crippen molar-refractivity contribution in [2.75, 3.05) is 10.6 Å². The Bertz CT molecular complexity index is 866. The maximum atomic E-state index is 12.9. The van der Waals surface area contributed by atoms with Crippen LogP contribution < -0.4 is 10.6 Å². The number of nitrogens with zero attached hydrogens (tertiary/aromatic N) is 2. The maximum Gasteiger partial charge on any atom is 0.274 e. The highest BCUT2D eigenvalue weighted by Gasteiger charge is 2.11. The molecule has 5 nitrogen and oxygen atoms in total. The zero-order valence-electron chi connectivity index (χ0n) is 13.7. The molecule has 0 saturated carbocycles. The second-order valence-corrected chi connectivity index (χ2v) is 5.52. The molecule has 0 saturated heterocycles. The van der Waals surface area contributed by atoms with Gasteiger partial charge in [0.25, 0.3) is 5.91 Å². The highest BCUT2D eigenvalue weighted by Crippen LogP contribution is 2.12. The third-order valence-electron chi connectivity index (χ3n) is 3.48. The number of aromatic nitrogens is 2. The molecule has 3 rings (SSSR count). The zero-order chi connectivity index (χ0) is 17.6. The lowest BCUT2D eigenvalue weighted by atomic mass is 10.2. The lowest BCUT2D eigenvalue weighted by molar-refractivity contribution is 0.102. The SMILES string of the molecule is Cc1cc(C(=O)Nc2ccc(F)cc2)nc(NCc2ccccc2)n1. The molecule has 1 amide bonds. The van der Waals surface area contributed by atoms with Crippen LogP contribution in [0.2, 0.25) is 0 Å². The van der Waals surface area contributed by atoms with Crippen molar-refractivity contribution in [3.8, 4) is 0 Å². The first-order valence-electron chi connectivity index (χ1n) is 7.80. The number of amides is 1. The Morgan fingerprint density at radius 3 is 2.48 bits per heavy atom. The van der Waals surface area contributed by atoms with Crippen molar-refractivity contribution in [1.29, 1.82) is 0 Å². The van der Waals surface area contributed by atoms with E-state index in [1.807, 2.05) is 30.3 Å². The molecular formula is C19H17FN4O. The predicted octanol–water partition coefficient (Wildman–Crippen LogP) is 3.79. The van der Waals surface area contributed by atoms with Gasteiger partial charge in [-0.05, 0) is 42.8 Å². The highest BCUT2D eigenvalue weighted by molar-refractivity contribution is 6.03. The summed E-state index contributed by atoms with van der Waals surface area (Å²) >= 11 is 0. The van der Waals surface area contributed by atoms with Crippen LogP contribution >= 0.6 is 0 Å². The summed E-state index contributed by atoms with van der Waals surface area (Å²) < 4.78 is 12.9. The van der Waals surface area contributed by atoms with E-state index in [0.717, 1.165) is 5.56 Å². The Morgan fingerprint density at radius 2 is 1.76 bits per heavy atom. The average Bonchev–Trinajstić information content (AvgIpc) is 2.62. The van der Waals surface area contributed by atoms with Crippen LogP contribution in [-0.4, -0.2) is 15.9 Å². The van der Waals surface area contributed by atoms with Crippen molar-refractivity contribution < 1.29 is 9.18 Å². The Balaban J connectivity index is 1.72. The summed E-state index contributed by atoms with van der Waals surface area (Å²) in [4.78, 5) is 20.9. The van der Waals surface area contributed by atoms with Crippen molar-refractivity contribution in [2.24, 2.45) is 0 Å². The molecular weight excluding hydrogens is 319 g/mol. The van der Waals surface area contributed by atoms with Crippen molar-refractivity contribution in [1.82, 2.24) is 9.97 Å². The highest BCUT2D eigenvalue weighted by atomic mass is 19.1. The number of rotatable bonds is 5. The van der Waals surface area contributed by atoms with Crippen LogP contribution in [0.15, 0.2) is 60.7 Å². The van der Waals surface area contributed by atoms with E-state index in [1.54, 1.807) is 13.0 Å². The second-order valence-electron chi connectivity index (χ2n) is 5.52. The molecule has 0 atom stereocenters. The number of carbonyl (C=O) groups is 1. The van der Waals surface area contributed by atoms with Gasteiger partial charge in [-0.15, -0.1) is 0 Å². The summed E-state index contributed by atoms with van der Waals surface area (Å²) in [6.07, 6.45) is 0. The van der Waals surface area contributed by atoms with E-state index < -0.39 is 0 Å². The normalized spacial score (nSPS) is 10.3. The molecule has 25 heavy (non-hydrogen) atoms. The summed E-state index contributed by atoms with van der Waals surface area (Å²) in [5.41, 5.74) is 2.51. The number of halogens is 1. The third kappa shape index (κ3) is 4.60. The number of nitrogens with one attached hydrogen (secondary N) is 2. The molecule has 3 aromatic rings. The second kappa shape index (κ2) is 7.53. The maximum absolute atomic E-state index is 12.9. The minimum Gasteiger partial charge on any atom is -0.350 e. The Hall–Kier alpha value is -3.28. The standard InChI is InChI=1S/C19H17FN4O/c1-13-11-17(18(25)23-16-9-7-15(20)8-10-16)24-19(22-13)21-12-14-5-3-2-4-6-14/h2-11H,12H2,1H3,(H,23,25)(H,21,22,24). The topological polar surface area (TPSA) is 66.9 Å². The molecule has 2 aromatic carbocycles. The van der Waals surface area contributed by atoms with Gasteiger partial charge in [0.15, 0.2) is 0 Å². The van der Waals surface area contributed by atoms with Crippen molar-refractivity contribution in [3.63, 3.8) is 0 Å². The van der Waals surface area contributed by atoms with Gasteiger partial charge in [0.1, 0.15) is 11.5 Å². The van der Waals surface area contributed by atoms with Crippen LogP contribution in [0.25, 0.3) is 0 Å². The molecule has 0 fully saturated rings. The summed E-state index contributed by atoms with van der Waals surface area (Å²) in [7, 11) is 0. The van der Waals surface area contributed by atoms with E-state index in [2.05, 4.69) is 20.6 Å². The smallest absolute Gasteiger partial charge is 0.274 e. The van der Waals surface area contributed by atoms with Gasteiger partial charge >= 0.3 is 0 Å². The number of hydrogen-bond donors (Lipinski definition) is 2. The third-order valence-corrected chi connectivity index (χ3v) is 3.48. The van der Waals surface area contributed by atoms with Crippen LogP contribution in [0, 0.1) is 12.7 Å². The number of aryl methyl sites for hydroxylation is 1.